The normalized spacial score (nSPS) is 16.4. The quantitative estimate of drug-likeness (QED) is 0.202. The van der Waals surface area contributed by atoms with Crippen LogP contribution in [0.25, 0.3) is 21.7 Å². The Morgan fingerprint density at radius 2 is 1.61 bits per heavy atom. The molecule has 2 aromatic heterocycles. The summed E-state index contributed by atoms with van der Waals surface area (Å²) in [5.74, 6) is 0.903. The van der Waals surface area contributed by atoms with Crippen molar-refractivity contribution in [1.82, 2.24) is 19.9 Å². The van der Waals surface area contributed by atoms with Gasteiger partial charge in [0.05, 0.1) is 25.8 Å². The van der Waals surface area contributed by atoms with E-state index in [1.54, 1.807) is 6.07 Å². The van der Waals surface area contributed by atoms with Crippen LogP contribution in [0.15, 0.2) is 72.8 Å². The second-order valence-corrected chi connectivity index (χ2v) is 10.8. The number of carbonyl (C=O) groups excluding carboxylic acids is 2. The van der Waals surface area contributed by atoms with E-state index in [-0.39, 0.29) is 18.1 Å². The molecule has 0 saturated heterocycles. The van der Waals surface area contributed by atoms with Crippen molar-refractivity contribution in [2.45, 2.75) is 44.4 Å². The zero-order valence-electron chi connectivity index (χ0n) is 24.6. The van der Waals surface area contributed by atoms with Crippen LogP contribution in [0.3, 0.4) is 0 Å². The average molecular weight is 595 g/mol. The van der Waals surface area contributed by atoms with Crippen LogP contribution in [0.5, 0.6) is 11.8 Å². The number of ether oxygens (including phenoxy) is 3. The number of hydrogen-bond acceptors (Lipinski definition) is 8. The van der Waals surface area contributed by atoms with Crippen molar-refractivity contribution in [1.29, 1.82) is 0 Å². The molecule has 0 spiro atoms. The predicted octanol–water partition coefficient (Wildman–Crippen LogP) is 5.53. The largest absolute Gasteiger partial charge is 0.481 e. The first kappa shape index (κ1) is 28.8. The maximum Gasteiger partial charge on any atom is 0.404 e. The highest BCUT2D eigenvalue weighted by Gasteiger charge is 2.26. The molecule has 1 fully saturated rings. The van der Waals surface area contributed by atoms with Crippen LogP contribution in [0.4, 0.5) is 16.4 Å². The molecule has 2 amide bonds. The molecule has 6 rings (SSSR count). The zero-order valence-corrected chi connectivity index (χ0v) is 24.6. The minimum Gasteiger partial charge on any atom is -0.481 e. The van der Waals surface area contributed by atoms with Gasteiger partial charge in [-0.15, -0.1) is 0 Å². The summed E-state index contributed by atoms with van der Waals surface area (Å²) >= 11 is 0. The first-order valence-electron chi connectivity index (χ1n) is 14.5. The van der Waals surface area contributed by atoms with E-state index < -0.39 is 6.09 Å². The molecule has 44 heavy (non-hydrogen) atoms. The molecule has 0 aliphatic heterocycles. The van der Waals surface area contributed by atoms with Gasteiger partial charge in [0.1, 0.15) is 11.8 Å². The molecule has 1 aliphatic rings. The summed E-state index contributed by atoms with van der Waals surface area (Å²) in [6, 6.07) is 23.8. The van der Waals surface area contributed by atoms with E-state index in [0.717, 1.165) is 32.9 Å². The van der Waals surface area contributed by atoms with Crippen LogP contribution in [0, 0.1) is 0 Å². The van der Waals surface area contributed by atoms with Gasteiger partial charge < -0.3 is 35.1 Å². The number of fused-ring (bicyclic) bond motifs is 2. The molecule has 1 saturated carbocycles. The molecule has 3 aromatic carbocycles. The number of rotatable bonds is 9. The van der Waals surface area contributed by atoms with Gasteiger partial charge >= 0.3 is 6.09 Å². The zero-order chi connectivity index (χ0) is 30.6. The number of hydrogen-bond donors (Lipinski definition) is 3. The third-order valence-electron chi connectivity index (χ3n) is 7.99. The molecule has 0 unspecified atom stereocenters. The molecule has 0 atom stereocenters. The predicted molar refractivity (Wildman–Crippen MR) is 168 cm³/mol. The molecular formula is C33H34N6O5. The van der Waals surface area contributed by atoms with Gasteiger partial charge in [-0.1, -0.05) is 48.5 Å². The van der Waals surface area contributed by atoms with E-state index in [1.165, 1.54) is 14.2 Å². The summed E-state index contributed by atoms with van der Waals surface area (Å²) in [6.07, 6.45) is 1.73. The topological polar surface area (TPSA) is 143 Å². The van der Waals surface area contributed by atoms with Crippen molar-refractivity contribution in [2.24, 2.45) is 5.73 Å². The van der Waals surface area contributed by atoms with Crippen molar-refractivity contribution in [2.75, 3.05) is 19.5 Å². The lowest BCUT2D eigenvalue weighted by atomic mass is 9.93. The van der Waals surface area contributed by atoms with Gasteiger partial charge in [-0.25, -0.2) is 4.79 Å². The molecule has 1 aliphatic carbocycles. The van der Waals surface area contributed by atoms with Crippen LogP contribution in [0.1, 0.15) is 41.7 Å². The first-order valence-corrected chi connectivity index (χ1v) is 14.5. The second kappa shape index (κ2) is 12.5. The van der Waals surface area contributed by atoms with Crippen molar-refractivity contribution >= 4 is 45.3 Å². The Labute approximate surface area is 254 Å². The van der Waals surface area contributed by atoms with E-state index in [1.807, 2.05) is 47.0 Å². The van der Waals surface area contributed by atoms with E-state index in [4.69, 9.17) is 19.9 Å². The van der Waals surface area contributed by atoms with E-state index in [2.05, 4.69) is 44.9 Å². The molecule has 2 heterocycles. The fourth-order valence-electron chi connectivity index (χ4n) is 5.84. The fourth-order valence-corrected chi connectivity index (χ4v) is 5.84. The van der Waals surface area contributed by atoms with Gasteiger partial charge in [-0.3, -0.25) is 4.79 Å². The molecule has 4 N–H and O–H groups in total. The Morgan fingerprint density at radius 1 is 0.886 bits per heavy atom. The van der Waals surface area contributed by atoms with Gasteiger partial charge in [0.15, 0.2) is 0 Å². The Bertz CT molecular complexity index is 1800. The SMILES string of the molecule is COc1cc(OC)nc(Nc2ccc3cc(C(=O)N[C@H]4CC[C@H](OC(N)=O)CC4)n(Cc4cccc5ccccc45)c3c2)n1. The Hall–Kier alpha value is -5.32. The number of primary amides is 1. The smallest absolute Gasteiger partial charge is 0.404 e. The van der Waals surface area contributed by atoms with Crippen molar-refractivity contribution in [3.8, 4) is 11.8 Å². The highest BCUT2D eigenvalue weighted by Crippen LogP contribution is 2.29. The highest BCUT2D eigenvalue weighted by molar-refractivity contribution is 6.00. The lowest BCUT2D eigenvalue weighted by Crippen LogP contribution is -2.40. The highest BCUT2D eigenvalue weighted by atomic mass is 16.6. The number of nitrogens with two attached hydrogens (primary N) is 1. The maximum atomic E-state index is 13.8. The van der Waals surface area contributed by atoms with Crippen LogP contribution in [-0.2, 0) is 11.3 Å². The summed E-state index contributed by atoms with van der Waals surface area (Å²) in [6.45, 7) is 0.486. The number of anilines is 2. The number of carbonyl (C=O) groups is 2. The van der Waals surface area contributed by atoms with Gasteiger partial charge in [-0.2, -0.15) is 9.97 Å². The van der Waals surface area contributed by atoms with Gasteiger partial charge in [0.25, 0.3) is 5.91 Å². The number of aromatic nitrogens is 3. The van der Waals surface area contributed by atoms with Gasteiger partial charge in [-0.05, 0) is 60.2 Å². The Morgan fingerprint density at radius 3 is 2.34 bits per heavy atom. The Balaban J connectivity index is 1.34. The van der Waals surface area contributed by atoms with Crippen molar-refractivity contribution < 1.29 is 23.8 Å². The summed E-state index contributed by atoms with van der Waals surface area (Å²) in [4.78, 5) is 33.8. The minimum absolute atomic E-state index is 0.0309. The third-order valence-corrected chi connectivity index (χ3v) is 7.99. The average Bonchev–Trinajstić information content (AvgIpc) is 3.39. The fraction of sp³-hybridized carbons (Fsp3) is 0.273. The summed E-state index contributed by atoms with van der Waals surface area (Å²) < 4.78 is 17.8. The number of methoxy groups -OCH3 is 2. The molecule has 226 valence electrons. The molecule has 0 bridgehead atoms. The molecule has 11 nitrogen and oxygen atoms in total. The number of amides is 2. The summed E-state index contributed by atoms with van der Waals surface area (Å²) in [5.41, 5.74) is 8.46. The molecule has 11 heteroatoms. The van der Waals surface area contributed by atoms with Crippen LogP contribution >= 0.6 is 0 Å². The van der Waals surface area contributed by atoms with E-state index in [0.29, 0.717) is 55.6 Å². The number of nitrogens with zero attached hydrogens (tertiary/aromatic N) is 3. The summed E-state index contributed by atoms with van der Waals surface area (Å²) in [5, 5.41) is 9.65. The summed E-state index contributed by atoms with van der Waals surface area (Å²) in [7, 11) is 3.07. The maximum absolute atomic E-state index is 13.8. The number of benzene rings is 3. The van der Waals surface area contributed by atoms with Crippen LogP contribution < -0.4 is 25.8 Å². The van der Waals surface area contributed by atoms with Gasteiger partial charge in [0.2, 0.25) is 17.7 Å². The first-order chi connectivity index (χ1) is 21.4. The monoisotopic (exact) mass is 594 g/mol. The third kappa shape index (κ3) is 6.22. The number of nitrogens with one attached hydrogen (secondary N) is 2. The van der Waals surface area contributed by atoms with Crippen molar-refractivity contribution in [3.05, 3.63) is 84.1 Å². The second-order valence-electron chi connectivity index (χ2n) is 10.8. The lowest BCUT2D eigenvalue weighted by Gasteiger charge is -2.28. The van der Waals surface area contributed by atoms with E-state index >= 15 is 0 Å². The Kier molecular flexibility index (Phi) is 8.18. The van der Waals surface area contributed by atoms with Crippen LogP contribution in [0.2, 0.25) is 0 Å². The molecular weight excluding hydrogens is 560 g/mol. The van der Waals surface area contributed by atoms with Crippen LogP contribution in [-0.4, -0.2) is 52.9 Å². The molecule has 5 aromatic rings. The lowest BCUT2D eigenvalue weighted by molar-refractivity contribution is 0.0708. The van der Waals surface area contributed by atoms with Crippen molar-refractivity contribution in [3.63, 3.8) is 0 Å². The van der Waals surface area contributed by atoms with E-state index in [9.17, 15) is 9.59 Å². The molecule has 0 radical (unpaired) electrons. The standard InChI is InChI=1S/C33H34N6O5/c1-42-29-18-30(43-2)38-33(37-29)36-24-11-10-21-16-28(31(40)35-23-12-14-25(15-13-23)44-32(34)41)39(27(21)17-24)19-22-8-5-7-20-6-3-4-9-26(20)22/h3-11,16-18,23,25H,12-15,19H2,1-2H3,(H2,34,41)(H,35,40)(H,36,37,38)/t23-,25-. The van der Waals surface area contributed by atoms with Gasteiger partial charge in [0, 0.05) is 23.7 Å². The minimum atomic E-state index is -0.763.